The molecule has 0 amide bonds. The van der Waals surface area contributed by atoms with E-state index < -0.39 is 0 Å². The first-order valence-corrected chi connectivity index (χ1v) is 9.18. The lowest BCUT2D eigenvalue weighted by molar-refractivity contribution is 0.345. The molecule has 1 radical (unpaired) electrons. The van der Waals surface area contributed by atoms with E-state index in [1.54, 1.807) is 0 Å². The van der Waals surface area contributed by atoms with Gasteiger partial charge in [-0.25, -0.2) is 10.3 Å². The lowest BCUT2D eigenvalue weighted by Crippen LogP contribution is -2.31. The maximum atomic E-state index is 4.87. The Morgan fingerprint density at radius 3 is 1.77 bits per heavy atom. The van der Waals surface area contributed by atoms with Crippen LogP contribution in [0.1, 0.15) is 77.6 Å². The first kappa shape index (κ1) is 15.6. The number of hydrogen-bond acceptors (Lipinski definition) is 1. The predicted molar refractivity (Wildman–Crippen MR) is 94.2 cm³/mol. The van der Waals surface area contributed by atoms with Crippen LogP contribution in [0.25, 0.3) is 0 Å². The quantitative estimate of drug-likeness (QED) is 0.583. The standard InChI is InChI=1S/C20H29N2/c1-20(19-21-17-13-9-10-14-18(17)22-19)15-11-7-5-3-2-4-6-8-12-16-20/h9-10,13-14H,2-8,11-12,15-16H2,1H3. The highest BCUT2D eigenvalue weighted by Gasteiger charge is 2.34. The molecule has 2 aliphatic rings. The summed E-state index contributed by atoms with van der Waals surface area (Å²) in [6.45, 7) is 2.40. The molecule has 1 aromatic rings. The van der Waals surface area contributed by atoms with Crippen LogP contribution in [-0.2, 0) is 0 Å². The largest absolute Gasteiger partial charge is 0.231 e. The average molecular weight is 297 g/mol. The molecule has 0 saturated heterocycles. The van der Waals surface area contributed by atoms with Crippen molar-refractivity contribution >= 4 is 17.2 Å². The van der Waals surface area contributed by atoms with Gasteiger partial charge in [0.25, 0.3) is 0 Å². The summed E-state index contributed by atoms with van der Waals surface area (Å²) in [6.07, 6.45) is 15.0. The van der Waals surface area contributed by atoms with Gasteiger partial charge in [-0.3, -0.25) is 0 Å². The van der Waals surface area contributed by atoms with Crippen LogP contribution < -0.4 is 5.32 Å². The second kappa shape index (κ2) is 7.30. The van der Waals surface area contributed by atoms with Gasteiger partial charge in [-0.05, 0) is 25.0 Å². The summed E-state index contributed by atoms with van der Waals surface area (Å²) in [7, 11) is 0. The summed E-state index contributed by atoms with van der Waals surface area (Å²) in [6, 6.07) is 8.30. The minimum absolute atomic E-state index is 0.165. The van der Waals surface area contributed by atoms with E-state index in [1.807, 2.05) is 0 Å². The number of rotatable bonds is 1. The summed E-state index contributed by atoms with van der Waals surface area (Å²) in [5.41, 5.74) is 2.28. The van der Waals surface area contributed by atoms with Gasteiger partial charge in [-0.2, -0.15) is 0 Å². The number of para-hydroxylation sites is 2. The molecule has 0 bridgehead atoms. The minimum Gasteiger partial charge on any atom is -0.231 e. The van der Waals surface area contributed by atoms with Crippen LogP contribution in [0.4, 0.5) is 11.4 Å². The van der Waals surface area contributed by atoms with E-state index in [2.05, 4.69) is 31.2 Å². The van der Waals surface area contributed by atoms with Crippen LogP contribution in [0.5, 0.6) is 0 Å². The van der Waals surface area contributed by atoms with Crippen molar-refractivity contribution in [1.82, 2.24) is 5.32 Å². The molecule has 119 valence electrons. The first-order valence-electron chi connectivity index (χ1n) is 9.18. The molecular weight excluding hydrogens is 268 g/mol. The Hall–Kier alpha value is -1.31. The van der Waals surface area contributed by atoms with Gasteiger partial charge in [0, 0.05) is 5.41 Å². The van der Waals surface area contributed by atoms with Crippen LogP contribution in [0.3, 0.4) is 0 Å². The Balaban J connectivity index is 1.70. The number of hydrogen-bond donors (Lipinski definition) is 0. The highest BCUT2D eigenvalue weighted by molar-refractivity contribution is 5.99. The molecule has 1 aliphatic heterocycles. The van der Waals surface area contributed by atoms with Gasteiger partial charge in [0.15, 0.2) is 0 Å². The van der Waals surface area contributed by atoms with Crippen molar-refractivity contribution in [2.45, 2.75) is 77.6 Å². The minimum atomic E-state index is 0.165. The molecule has 3 rings (SSSR count). The Kier molecular flexibility index (Phi) is 5.17. The fourth-order valence-corrected chi connectivity index (χ4v) is 3.79. The topological polar surface area (TPSA) is 26.5 Å². The molecule has 1 heterocycles. The number of aliphatic imine (C=N–C) groups is 1. The maximum Gasteiger partial charge on any atom is 0.135 e. The van der Waals surface area contributed by atoms with E-state index in [0.29, 0.717) is 0 Å². The van der Waals surface area contributed by atoms with Crippen molar-refractivity contribution in [3.63, 3.8) is 0 Å². The predicted octanol–water partition coefficient (Wildman–Crippen LogP) is 6.28. The number of benzene rings is 1. The summed E-state index contributed by atoms with van der Waals surface area (Å²) in [5, 5.41) is 4.87. The number of amidine groups is 1. The smallest absolute Gasteiger partial charge is 0.135 e. The van der Waals surface area contributed by atoms with Crippen molar-refractivity contribution in [2.24, 2.45) is 10.4 Å². The highest BCUT2D eigenvalue weighted by atomic mass is 15.1. The SMILES string of the molecule is CC1(C2=Nc3ccccc3[N]2)CCCCCCCCCCC1. The van der Waals surface area contributed by atoms with Gasteiger partial charge in [0.05, 0.1) is 11.4 Å². The Labute approximate surface area is 135 Å². The zero-order chi connectivity index (χ0) is 15.3. The van der Waals surface area contributed by atoms with Gasteiger partial charge >= 0.3 is 0 Å². The molecule has 1 aliphatic carbocycles. The number of fused-ring (bicyclic) bond motifs is 1. The highest BCUT2D eigenvalue weighted by Crippen LogP contribution is 2.40. The second-order valence-corrected chi connectivity index (χ2v) is 7.28. The fraction of sp³-hybridized carbons (Fsp3) is 0.650. The summed E-state index contributed by atoms with van der Waals surface area (Å²) in [4.78, 5) is 4.87. The molecule has 2 heteroatoms. The third-order valence-corrected chi connectivity index (χ3v) is 5.33. The lowest BCUT2D eigenvalue weighted by atomic mass is 9.78. The van der Waals surface area contributed by atoms with Crippen LogP contribution in [0.2, 0.25) is 0 Å². The molecule has 0 atom stereocenters. The zero-order valence-electron chi connectivity index (χ0n) is 14.0. The van der Waals surface area contributed by atoms with E-state index in [4.69, 9.17) is 10.3 Å². The van der Waals surface area contributed by atoms with Gasteiger partial charge in [-0.1, -0.05) is 76.8 Å². The van der Waals surface area contributed by atoms with Crippen LogP contribution >= 0.6 is 0 Å². The van der Waals surface area contributed by atoms with Gasteiger partial charge in [0.2, 0.25) is 0 Å². The maximum absolute atomic E-state index is 4.87. The Morgan fingerprint density at radius 1 is 0.727 bits per heavy atom. The van der Waals surface area contributed by atoms with E-state index >= 15 is 0 Å². The molecule has 0 unspecified atom stereocenters. The molecule has 1 aromatic carbocycles. The van der Waals surface area contributed by atoms with E-state index in [0.717, 1.165) is 17.2 Å². The summed E-state index contributed by atoms with van der Waals surface area (Å²) < 4.78 is 0. The first-order chi connectivity index (χ1) is 10.8. The molecule has 1 fully saturated rings. The van der Waals surface area contributed by atoms with Gasteiger partial charge < -0.3 is 0 Å². The summed E-state index contributed by atoms with van der Waals surface area (Å²) in [5.74, 6) is 1.09. The molecular formula is C20H29N2. The molecule has 22 heavy (non-hydrogen) atoms. The monoisotopic (exact) mass is 297 g/mol. The lowest BCUT2D eigenvalue weighted by Gasteiger charge is -2.29. The van der Waals surface area contributed by atoms with Crippen molar-refractivity contribution < 1.29 is 0 Å². The fourth-order valence-electron chi connectivity index (χ4n) is 3.79. The number of nitrogens with zero attached hydrogens (tertiary/aromatic N) is 2. The van der Waals surface area contributed by atoms with E-state index in [9.17, 15) is 0 Å². The van der Waals surface area contributed by atoms with Crippen LogP contribution in [0.15, 0.2) is 29.3 Å². The Morgan fingerprint density at radius 2 is 1.23 bits per heavy atom. The third kappa shape index (κ3) is 3.71. The summed E-state index contributed by atoms with van der Waals surface area (Å²) >= 11 is 0. The average Bonchev–Trinajstić information content (AvgIpc) is 2.96. The van der Waals surface area contributed by atoms with Crippen molar-refractivity contribution in [1.29, 1.82) is 0 Å². The second-order valence-electron chi connectivity index (χ2n) is 7.28. The van der Waals surface area contributed by atoms with Crippen molar-refractivity contribution in [3.8, 4) is 0 Å². The third-order valence-electron chi connectivity index (χ3n) is 5.33. The molecule has 0 spiro atoms. The van der Waals surface area contributed by atoms with Gasteiger partial charge in [-0.15, -0.1) is 0 Å². The normalized spacial score (nSPS) is 22.7. The van der Waals surface area contributed by atoms with Crippen molar-refractivity contribution in [2.75, 3.05) is 0 Å². The molecule has 1 saturated carbocycles. The zero-order valence-corrected chi connectivity index (χ0v) is 14.0. The molecule has 0 aromatic heterocycles. The van der Waals surface area contributed by atoms with Crippen LogP contribution in [0, 0.1) is 5.41 Å². The Bertz CT molecular complexity index is 506. The van der Waals surface area contributed by atoms with E-state index in [1.165, 1.54) is 70.6 Å². The molecule has 0 N–H and O–H groups in total. The van der Waals surface area contributed by atoms with E-state index in [-0.39, 0.29) is 5.41 Å². The molecule has 2 nitrogen and oxygen atoms in total. The van der Waals surface area contributed by atoms with Crippen LogP contribution in [-0.4, -0.2) is 5.84 Å². The van der Waals surface area contributed by atoms with Gasteiger partial charge in [0.1, 0.15) is 5.84 Å². The van der Waals surface area contributed by atoms with Crippen molar-refractivity contribution in [3.05, 3.63) is 24.3 Å².